The Kier molecular flexibility index (Phi) is 5.60. The van der Waals surface area contributed by atoms with Crippen LogP contribution in [0.25, 0.3) is 0 Å². The zero-order valence-corrected chi connectivity index (χ0v) is 16.2. The van der Waals surface area contributed by atoms with Crippen LogP contribution in [0.5, 0.6) is 11.5 Å². The molecule has 0 aliphatic carbocycles. The van der Waals surface area contributed by atoms with Gasteiger partial charge in [0.05, 0.1) is 25.9 Å². The first-order chi connectivity index (χ1) is 12.9. The summed E-state index contributed by atoms with van der Waals surface area (Å²) in [5.74, 6) is 1.07. The van der Waals surface area contributed by atoms with Crippen molar-refractivity contribution in [1.29, 1.82) is 0 Å². The Morgan fingerprint density at radius 1 is 1.15 bits per heavy atom. The highest BCUT2D eigenvalue weighted by molar-refractivity contribution is 5.97. The highest BCUT2D eigenvalue weighted by atomic mass is 16.5. The molecule has 1 unspecified atom stereocenters. The van der Waals surface area contributed by atoms with E-state index < -0.39 is 6.10 Å². The van der Waals surface area contributed by atoms with Gasteiger partial charge in [-0.1, -0.05) is 0 Å². The first-order valence-electron chi connectivity index (χ1n) is 9.32. The molecule has 2 amide bonds. The molecule has 1 spiro atoms. The van der Waals surface area contributed by atoms with E-state index in [-0.39, 0.29) is 17.2 Å². The number of amides is 2. The summed E-state index contributed by atoms with van der Waals surface area (Å²) in [6.45, 7) is 3.81. The second kappa shape index (κ2) is 7.76. The highest BCUT2D eigenvalue weighted by Crippen LogP contribution is 2.40. The number of hydrogen-bond acceptors (Lipinski definition) is 5. The summed E-state index contributed by atoms with van der Waals surface area (Å²) in [7, 11) is 3.11. The standard InChI is InChI=1S/C20H28N2O5/c1-14(23)22-12-15(24)11-20(13-22)6-8-21(9-7-20)19(25)17-5-4-16(26-2)10-18(17)27-3/h4-5,10,15,24H,6-9,11-13H2,1-3H3. The van der Waals surface area contributed by atoms with Gasteiger partial charge in [0.2, 0.25) is 5.91 Å². The van der Waals surface area contributed by atoms with E-state index >= 15 is 0 Å². The molecule has 0 aromatic heterocycles. The number of ether oxygens (including phenoxy) is 2. The van der Waals surface area contributed by atoms with Crippen LogP contribution in [0.4, 0.5) is 0 Å². The Labute approximate surface area is 159 Å². The Hall–Kier alpha value is -2.28. The number of piperidine rings is 2. The van der Waals surface area contributed by atoms with Crippen molar-refractivity contribution < 1.29 is 24.2 Å². The zero-order valence-electron chi connectivity index (χ0n) is 16.2. The van der Waals surface area contributed by atoms with E-state index in [9.17, 15) is 14.7 Å². The number of β-amino-alcohol motifs (C(OH)–C–C–N with tert-alkyl or cyclic N) is 1. The molecule has 0 bridgehead atoms. The lowest BCUT2D eigenvalue weighted by atomic mass is 9.71. The Morgan fingerprint density at radius 3 is 2.44 bits per heavy atom. The van der Waals surface area contributed by atoms with Crippen LogP contribution in [0, 0.1) is 5.41 Å². The summed E-state index contributed by atoms with van der Waals surface area (Å²) in [6.07, 6.45) is 1.74. The van der Waals surface area contributed by atoms with Crippen molar-refractivity contribution in [2.45, 2.75) is 32.3 Å². The molecule has 1 aromatic rings. The molecule has 3 rings (SSSR count). The highest BCUT2D eigenvalue weighted by Gasteiger charge is 2.43. The molecule has 2 aliphatic heterocycles. The first kappa shape index (κ1) is 19.5. The molecule has 7 heteroatoms. The number of likely N-dealkylation sites (tertiary alicyclic amines) is 2. The third kappa shape index (κ3) is 4.03. The topological polar surface area (TPSA) is 79.3 Å². The number of benzene rings is 1. The average molecular weight is 376 g/mol. The molecule has 0 saturated carbocycles. The Balaban J connectivity index is 1.70. The molecule has 1 aromatic carbocycles. The van der Waals surface area contributed by atoms with Crippen LogP contribution >= 0.6 is 0 Å². The van der Waals surface area contributed by atoms with Gasteiger partial charge in [0.1, 0.15) is 11.5 Å². The number of methoxy groups -OCH3 is 2. The van der Waals surface area contributed by atoms with Gasteiger partial charge in [-0.2, -0.15) is 0 Å². The number of carbonyl (C=O) groups excluding carboxylic acids is 2. The minimum absolute atomic E-state index is 0.00500. The smallest absolute Gasteiger partial charge is 0.257 e. The fourth-order valence-electron chi connectivity index (χ4n) is 4.28. The van der Waals surface area contributed by atoms with Crippen molar-refractivity contribution in [3.05, 3.63) is 23.8 Å². The molecule has 1 N–H and O–H groups in total. The van der Waals surface area contributed by atoms with E-state index in [1.165, 1.54) is 7.11 Å². The molecular formula is C20H28N2O5. The van der Waals surface area contributed by atoms with Gasteiger partial charge in [0.25, 0.3) is 5.91 Å². The summed E-state index contributed by atoms with van der Waals surface area (Å²) in [4.78, 5) is 28.3. The largest absolute Gasteiger partial charge is 0.497 e. The molecule has 27 heavy (non-hydrogen) atoms. The van der Waals surface area contributed by atoms with Gasteiger partial charge in [-0.25, -0.2) is 0 Å². The minimum atomic E-state index is -0.494. The quantitative estimate of drug-likeness (QED) is 0.866. The predicted octanol–water partition coefficient (Wildman–Crippen LogP) is 1.54. The number of carbonyl (C=O) groups is 2. The summed E-state index contributed by atoms with van der Waals surface area (Å²) < 4.78 is 10.6. The minimum Gasteiger partial charge on any atom is -0.497 e. The van der Waals surface area contributed by atoms with Gasteiger partial charge in [-0.05, 0) is 36.8 Å². The molecule has 0 radical (unpaired) electrons. The van der Waals surface area contributed by atoms with Gasteiger partial charge < -0.3 is 24.4 Å². The maximum absolute atomic E-state index is 13.0. The number of hydrogen-bond donors (Lipinski definition) is 1. The second-order valence-corrected chi connectivity index (χ2v) is 7.62. The monoisotopic (exact) mass is 376 g/mol. The average Bonchev–Trinajstić information content (AvgIpc) is 2.66. The SMILES string of the molecule is COc1ccc(C(=O)N2CCC3(CC2)CC(O)CN(C(C)=O)C3)c(OC)c1. The maximum atomic E-state index is 13.0. The summed E-state index contributed by atoms with van der Waals surface area (Å²) in [6, 6.07) is 5.19. The lowest BCUT2D eigenvalue weighted by Gasteiger charge is -2.49. The van der Waals surface area contributed by atoms with E-state index in [0.717, 1.165) is 12.8 Å². The van der Waals surface area contributed by atoms with Gasteiger partial charge >= 0.3 is 0 Å². The van der Waals surface area contributed by atoms with Crippen molar-refractivity contribution in [2.75, 3.05) is 40.4 Å². The summed E-state index contributed by atoms with van der Waals surface area (Å²) in [5.41, 5.74) is 0.410. The number of rotatable bonds is 3. The number of aliphatic hydroxyl groups excluding tert-OH is 1. The Bertz CT molecular complexity index is 712. The van der Waals surface area contributed by atoms with Crippen molar-refractivity contribution in [2.24, 2.45) is 5.41 Å². The fourth-order valence-corrected chi connectivity index (χ4v) is 4.28. The van der Waals surface area contributed by atoms with Crippen LogP contribution in [0.15, 0.2) is 18.2 Å². The van der Waals surface area contributed by atoms with Gasteiger partial charge in [0.15, 0.2) is 0 Å². The van der Waals surface area contributed by atoms with Gasteiger partial charge in [-0.3, -0.25) is 9.59 Å². The van der Waals surface area contributed by atoms with Gasteiger partial charge in [0, 0.05) is 39.2 Å². The molecular weight excluding hydrogens is 348 g/mol. The van der Waals surface area contributed by atoms with Crippen molar-refractivity contribution >= 4 is 11.8 Å². The molecule has 2 heterocycles. The lowest BCUT2D eigenvalue weighted by molar-refractivity contribution is -0.137. The van der Waals surface area contributed by atoms with E-state index in [1.807, 2.05) is 4.90 Å². The van der Waals surface area contributed by atoms with E-state index in [4.69, 9.17) is 9.47 Å². The Morgan fingerprint density at radius 2 is 1.85 bits per heavy atom. The van der Waals surface area contributed by atoms with Gasteiger partial charge in [-0.15, -0.1) is 0 Å². The maximum Gasteiger partial charge on any atom is 0.257 e. The third-order valence-electron chi connectivity index (χ3n) is 5.82. The molecule has 7 nitrogen and oxygen atoms in total. The third-order valence-corrected chi connectivity index (χ3v) is 5.82. The molecule has 2 fully saturated rings. The lowest BCUT2D eigenvalue weighted by Crippen LogP contribution is -2.55. The normalized spacial score (nSPS) is 21.9. The van der Waals surface area contributed by atoms with E-state index in [0.29, 0.717) is 49.7 Å². The fraction of sp³-hybridized carbons (Fsp3) is 0.600. The first-order valence-corrected chi connectivity index (χ1v) is 9.32. The second-order valence-electron chi connectivity index (χ2n) is 7.62. The van der Waals surface area contributed by atoms with Crippen LogP contribution < -0.4 is 9.47 Å². The van der Waals surface area contributed by atoms with Crippen LogP contribution in [0.1, 0.15) is 36.5 Å². The van der Waals surface area contributed by atoms with Crippen molar-refractivity contribution in [3.8, 4) is 11.5 Å². The van der Waals surface area contributed by atoms with Crippen LogP contribution in [-0.4, -0.2) is 73.2 Å². The zero-order chi connectivity index (χ0) is 19.6. The van der Waals surface area contributed by atoms with Crippen molar-refractivity contribution in [1.82, 2.24) is 9.80 Å². The van der Waals surface area contributed by atoms with Crippen LogP contribution in [-0.2, 0) is 4.79 Å². The van der Waals surface area contributed by atoms with E-state index in [2.05, 4.69) is 0 Å². The van der Waals surface area contributed by atoms with Crippen molar-refractivity contribution in [3.63, 3.8) is 0 Å². The number of nitrogens with zero attached hydrogens (tertiary/aromatic N) is 2. The summed E-state index contributed by atoms with van der Waals surface area (Å²) in [5, 5.41) is 10.2. The molecule has 2 aliphatic rings. The van der Waals surface area contributed by atoms with E-state index in [1.54, 1.807) is 37.1 Å². The van der Waals surface area contributed by atoms with Crippen LogP contribution in [0.3, 0.4) is 0 Å². The predicted molar refractivity (Wildman–Crippen MR) is 100.0 cm³/mol. The number of aliphatic hydroxyl groups is 1. The van der Waals surface area contributed by atoms with Crippen LogP contribution in [0.2, 0.25) is 0 Å². The summed E-state index contributed by atoms with van der Waals surface area (Å²) >= 11 is 0. The molecule has 1 atom stereocenters. The molecule has 148 valence electrons. The molecule has 2 saturated heterocycles.